The number of hydrogen-bond donors (Lipinski definition) is 2. The number of nitrogens with one attached hydrogen (secondary N) is 1. The Hall–Kier alpha value is -1.80. The summed E-state index contributed by atoms with van der Waals surface area (Å²) < 4.78 is 32.0. The van der Waals surface area contributed by atoms with Crippen LogP contribution in [0.5, 0.6) is 5.75 Å². The number of nitrogens with zero attached hydrogens (tertiary/aromatic N) is 1. The van der Waals surface area contributed by atoms with Crippen LogP contribution < -0.4 is 5.32 Å². The van der Waals surface area contributed by atoms with Crippen molar-refractivity contribution in [2.45, 2.75) is 57.1 Å². The predicted molar refractivity (Wildman–Crippen MR) is 94.0 cm³/mol. The average molecular weight is 370 g/mol. The second kappa shape index (κ2) is 7.21. The molecule has 2 N–H and O–H groups in total. The average Bonchev–Trinajstić information content (AvgIpc) is 2.44. The molecule has 1 aliphatic heterocycles. The van der Waals surface area contributed by atoms with Gasteiger partial charge in [-0.15, -0.1) is 0 Å². The summed E-state index contributed by atoms with van der Waals surface area (Å²) in [5.41, 5.74) is 0.112. The van der Waals surface area contributed by atoms with Crippen molar-refractivity contribution in [3.8, 4) is 5.75 Å². The molecule has 1 aromatic rings. The highest BCUT2D eigenvalue weighted by atomic mass is 32.2. The van der Waals surface area contributed by atoms with Gasteiger partial charge in [-0.25, -0.2) is 13.2 Å². The van der Waals surface area contributed by atoms with Crippen LogP contribution in [0.2, 0.25) is 0 Å². The number of carbonyl (C=O) groups is 1. The first kappa shape index (κ1) is 19.5. The molecule has 8 heteroatoms. The number of piperidine rings is 1. The van der Waals surface area contributed by atoms with Crippen molar-refractivity contribution in [2.24, 2.45) is 0 Å². The van der Waals surface area contributed by atoms with Crippen molar-refractivity contribution in [2.75, 3.05) is 13.1 Å². The van der Waals surface area contributed by atoms with Crippen molar-refractivity contribution in [1.82, 2.24) is 9.62 Å². The molecular formula is C17H26N2O5S. The number of benzene rings is 1. The Bertz CT molecular complexity index is 712. The zero-order valence-corrected chi connectivity index (χ0v) is 15.9. The molecule has 0 spiro atoms. The van der Waals surface area contributed by atoms with Crippen LogP contribution in [0.4, 0.5) is 4.79 Å². The summed E-state index contributed by atoms with van der Waals surface area (Å²) in [5, 5.41) is 12.4. The number of aromatic hydroxyl groups is 1. The van der Waals surface area contributed by atoms with Gasteiger partial charge in [0.2, 0.25) is 10.0 Å². The summed E-state index contributed by atoms with van der Waals surface area (Å²) in [6.45, 7) is 7.71. The van der Waals surface area contributed by atoms with E-state index >= 15 is 0 Å². The Kier molecular flexibility index (Phi) is 5.63. The minimum atomic E-state index is -3.66. The lowest BCUT2D eigenvalue weighted by atomic mass is 10.1. The monoisotopic (exact) mass is 370 g/mol. The molecule has 0 aromatic heterocycles. The van der Waals surface area contributed by atoms with E-state index < -0.39 is 21.7 Å². The molecule has 0 aliphatic carbocycles. The van der Waals surface area contributed by atoms with Crippen molar-refractivity contribution in [3.63, 3.8) is 0 Å². The van der Waals surface area contributed by atoms with E-state index in [0.717, 1.165) is 0 Å². The fourth-order valence-corrected chi connectivity index (χ4v) is 4.34. The van der Waals surface area contributed by atoms with Crippen molar-refractivity contribution >= 4 is 16.1 Å². The van der Waals surface area contributed by atoms with Gasteiger partial charge in [0.25, 0.3) is 0 Å². The van der Waals surface area contributed by atoms with Gasteiger partial charge in [0, 0.05) is 19.1 Å². The number of carbonyl (C=O) groups excluding carboxylic acids is 1. The topological polar surface area (TPSA) is 95.9 Å². The van der Waals surface area contributed by atoms with Gasteiger partial charge in [0.1, 0.15) is 11.4 Å². The zero-order valence-electron chi connectivity index (χ0n) is 15.1. The number of rotatable bonds is 3. The summed E-state index contributed by atoms with van der Waals surface area (Å²) in [6, 6.07) is 4.19. The van der Waals surface area contributed by atoms with E-state index in [0.29, 0.717) is 31.5 Å². The van der Waals surface area contributed by atoms with Crippen LogP contribution in [-0.4, -0.2) is 48.7 Å². The van der Waals surface area contributed by atoms with E-state index in [2.05, 4.69) is 5.32 Å². The third kappa shape index (κ3) is 5.34. The van der Waals surface area contributed by atoms with Gasteiger partial charge in [0.15, 0.2) is 0 Å². The van der Waals surface area contributed by atoms with E-state index in [1.807, 2.05) is 0 Å². The van der Waals surface area contributed by atoms with Crippen LogP contribution in [0.1, 0.15) is 39.2 Å². The summed E-state index contributed by atoms with van der Waals surface area (Å²) in [5.74, 6) is -0.0694. The molecule has 7 nitrogen and oxygen atoms in total. The molecule has 25 heavy (non-hydrogen) atoms. The SMILES string of the molecule is Cc1cc(O)cc(S(=O)(=O)N2CCC(NC(=O)OC(C)(C)C)CC2)c1. The number of phenolic OH excluding ortho intramolecular Hbond substituents is 1. The van der Waals surface area contributed by atoms with Crippen LogP contribution in [0.3, 0.4) is 0 Å². The number of aryl methyl sites for hydroxylation is 1. The van der Waals surface area contributed by atoms with Crippen LogP contribution in [0, 0.1) is 6.92 Å². The number of sulfonamides is 1. The highest BCUT2D eigenvalue weighted by molar-refractivity contribution is 7.89. The minimum absolute atomic E-state index is 0.0694. The standard InChI is InChI=1S/C17H26N2O5S/c1-12-9-14(20)11-15(10-12)25(22,23)19-7-5-13(6-8-19)18-16(21)24-17(2,3)4/h9-11,13,20H,5-8H2,1-4H3,(H,18,21). The molecule has 2 rings (SSSR count). The Morgan fingerprint density at radius 3 is 2.36 bits per heavy atom. The van der Waals surface area contributed by atoms with Crippen molar-refractivity contribution in [3.05, 3.63) is 23.8 Å². The van der Waals surface area contributed by atoms with Gasteiger partial charge in [-0.2, -0.15) is 4.31 Å². The van der Waals surface area contributed by atoms with Gasteiger partial charge in [0.05, 0.1) is 4.90 Å². The molecule has 1 saturated heterocycles. The highest BCUT2D eigenvalue weighted by Crippen LogP contribution is 2.25. The zero-order chi connectivity index (χ0) is 18.8. The van der Waals surface area contributed by atoms with Crippen LogP contribution in [0.15, 0.2) is 23.1 Å². The predicted octanol–water partition coefficient (Wildman–Crippen LogP) is 2.38. The number of phenols is 1. The van der Waals surface area contributed by atoms with Gasteiger partial charge in [-0.3, -0.25) is 0 Å². The normalized spacial score (nSPS) is 17.3. The van der Waals surface area contributed by atoms with Gasteiger partial charge in [-0.1, -0.05) is 0 Å². The van der Waals surface area contributed by atoms with E-state index in [9.17, 15) is 18.3 Å². The van der Waals surface area contributed by atoms with E-state index in [1.165, 1.54) is 16.4 Å². The summed E-state index contributed by atoms with van der Waals surface area (Å²) in [7, 11) is -3.66. The van der Waals surface area contributed by atoms with Gasteiger partial charge >= 0.3 is 6.09 Å². The quantitative estimate of drug-likeness (QED) is 0.852. The maximum absolute atomic E-state index is 12.7. The lowest BCUT2D eigenvalue weighted by Gasteiger charge is -2.32. The maximum Gasteiger partial charge on any atom is 0.407 e. The molecule has 0 unspecified atom stereocenters. The lowest BCUT2D eigenvalue weighted by Crippen LogP contribution is -2.47. The van der Waals surface area contributed by atoms with E-state index in [1.54, 1.807) is 33.8 Å². The largest absolute Gasteiger partial charge is 0.508 e. The molecule has 140 valence electrons. The van der Waals surface area contributed by atoms with Crippen LogP contribution in [-0.2, 0) is 14.8 Å². The van der Waals surface area contributed by atoms with Crippen LogP contribution >= 0.6 is 0 Å². The Morgan fingerprint density at radius 2 is 1.84 bits per heavy atom. The number of hydrogen-bond acceptors (Lipinski definition) is 5. The molecule has 1 amide bonds. The summed E-state index contributed by atoms with van der Waals surface area (Å²) >= 11 is 0. The molecule has 0 saturated carbocycles. The fourth-order valence-electron chi connectivity index (χ4n) is 2.74. The third-order valence-corrected chi connectivity index (χ3v) is 5.72. The van der Waals surface area contributed by atoms with Gasteiger partial charge in [-0.05, 0) is 64.3 Å². The molecular weight excluding hydrogens is 344 g/mol. The van der Waals surface area contributed by atoms with Crippen molar-refractivity contribution in [1.29, 1.82) is 0 Å². The molecule has 1 aromatic carbocycles. The molecule has 0 atom stereocenters. The van der Waals surface area contributed by atoms with E-state index in [-0.39, 0.29) is 16.7 Å². The Balaban J connectivity index is 1.98. The van der Waals surface area contributed by atoms with Crippen LogP contribution in [0.25, 0.3) is 0 Å². The minimum Gasteiger partial charge on any atom is -0.508 e. The molecule has 1 aliphatic rings. The maximum atomic E-state index is 12.7. The molecule has 0 radical (unpaired) electrons. The number of alkyl carbamates (subject to hydrolysis) is 1. The number of ether oxygens (including phenoxy) is 1. The highest BCUT2D eigenvalue weighted by Gasteiger charge is 2.31. The molecule has 0 bridgehead atoms. The first-order valence-corrected chi connectivity index (χ1v) is 9.72. The fraction of sp³-hybridized carbons (Fsp3) is 0.588. The lowest BCUT2D eigenvalue weighted by molar-refractivity contribution is 0.0489. The first-order chi connectivity index (χ1) is 11.5. The molecule has 1 heterocycles. The van der Waals surface area contributed by atoms with E-state index in [4.69, 9.17) is 4.74 Å². The number of amides is 1. The van der Waals surface area contributed by atoms with Crippen molar-refractivity contribution < 1.29 is 23.1 Å². The second-order valence-electron chi connectivity index (χ2n) is 7.33. The third-order valence-electron chi connectivity index (χ3n) is 3.85. The Morgan fingerprint density at radius 1 is 1.24 bits per heavy atom. The van der Waals surface area contributed by atoms with Gasteiger partial charge < -0.3 is 15.2 Å². The smallest absolute Gasteiger partial charge is 0.407 e. The first-order valence-electron chi connectivity index (χ1n) is 8.28. The Labute approximate surface area is 149 Å². The second-order valence-corrected chi connectivity index (χ2v) is 9.27. The summed E-state index contributed by atoms with van der Waals surface area (Å²) in [6.07, 6.45) is 0.532. The molecule has 1 fully saturated rings. The summed E-state index contributed by atoms with van der Waals surface area (Å²) in [4.78, 5) is 11.9.